The van der Waals surface area contributed by atoms with Gasteiger partial charge in [-0.15, -0.1) is 10.2 Å². The van der Waals surface area contributed by atoms with E-state index in [4.69, 9.17) is 5.10 Å². The van der Waals surface area contributed by atoms with Crippen molar-refractivity contribution in [3.8, 4) is 11.3 Å². The summed E-state index contributed by atoms with van der Waals surface area (Å²) in [6.45, 7) is 1.55. The maximum Gasteiger partial charge on any atom is 0.226 e. The molecule has 28 heavy (non-hydrogen) atoms. The van der Waals surface area contributed by atoms with Crippen LogP contribution >= 0.6 is 0 Å². The smallest absolute Gasteiger partial charge is 0.226 e. The van der Waals surface area contributed by atoms with Crippen LogP contribution in [0.25, 0.3) is 16.9 Å². The van der Waals surface area contributed by atoms with E-state index in [1.165, 1.54) is 0 Å². The number of aromatic nitrogens is 5. The van der Waals surface area contributed by atoms with Crippen LogP contribution in [0, 0.1) is 5.92 Å². The Morgan fingerprint density at radius 3 is 2.61 bits per heavy atom. The number of fused-ring (bicyclic) bond motifs is 1. The highest BCUT2D eigenvalue weighted by molar-refractivity contribution is 5.79. The molecule has 5 rings (SSSR count). The van der Waals surface area contributed by atoms with Gasteiger partial charge in [0.15, 0.2) is 11.5 Å². The summed E-state index contributed by atoms with van der Waals surface area (Å²) >= 11 is 0. The van der Waals surface area contributed by atoms with E-state index in [0.717, 1.165) is 61.5 Å². The van der Waals surface area contributed by atoms with Gasteiger partial charge in [-0.2, -0.15) is 9.61 Å². The number of carbonyl (C=O) groups is 1. The summed E-state index contributed by atoms with van der Waals surface area (Å²) in [4.78, 5) is 18.8. The summed E-state index contributed by atoms with van der Waals surface area (Å²) in [5.74, 6) is 1.59. The molecule has 142 valence electrons. The minimum absolute atomic E-state index is 0.147. The molecule has 3 aromatic rings. The fraction of sp³-hybridized carbons (Fsp3) is 0.381. The van der Waals surface area contributed by atoms with Crippen LogP contribution in [-0.2, 0) is 4.79 Å². The third-order valence-electron chi connectivity index (χ3n) is 5.77. The van der Waals surface area contributed by atoms with E-state index in [1.54, 1.807) is 12.4 Å². The number of piperidine rings is 1. The van der Waals surface area contributed by atoms with E-state index in [-0.39, 0.29) is 11.8 Å². The first kappa shape index (κ1) is 17.0. The van der Waals surface area contributed by atoms with Crippen LogP contribution < -0.4 is 0 Å². The molecular formula is C21H22N6O. The molecule has 0 unspecified atom stereocenters. The minimum atomic E-state index is 0.147. The summed E-state index contributed by atoms with van der Waals surface area (Å²) in [6.07, 6.45) is 11.3. The first-order valence-electron chi connectivity index (χ1n) is 9.86. The van der Waals surface area contributed by atoms with Crippen molar-refractivity contribution in [2.75, 3.05) is 13.1 Å². The standard InChI is InChI=1S/C21H22N6O/c28-21(16-4-1-2-5-16)26-12-9-15(10-13-26)20-24-23-19-8-7-18(25-27(19)20)17-6-3-11-22-14-17/h1-3,6-8,11,14-16H,4-5,9-10,12-13H2. The zero-order valence-electron chi connectivity index (χ0n) is 15.6. The van der Waals surface area contributed by atoms with E-state index in [1.807, 2.05) is 33.7 Å². The van der Waals surface area contributed by atoms with Crippen LogP contribution in [0.15, 0.2) is 48.8 Å². The molecule has 4 heterocycles. The molecule has 0 radical (unpaired) electrons. The van der Waals surface area contributed by atoms with Gasteiger partial charge in [0.2, 0.25) is 5.91 Å². The normalized spacial score (nSPS) is 18.2. The van der Waals surface area contributed by atoms with Gasteiger partial charge in [-0.05, 0) is 49.9 Å². The van der Waals surface area contributed by atoms with Gasteiger partial charge < -0.3 is 4.90 Å². The lowest BCUT2D eigenvalue weighted by Crippen LogP contribution is -2.41. The zero-order valence-corrected chi connectivity index (χ0v) is 15.6. The predicted molar refractivity (Wildman–Crippen MR) is 104 cm³/mol. The number of carbonyl (C=O) groups excluding carboxylic acids is 1. The van der Waals surface area contributed by atoms with Gasteiger partial charge in [-0.1, -0.05) is 12.2 Å². The molecule has 0 bridgehead atoms. The first-order valence-corrected chi connectivity index (χ1v) is 9.86. The van der Waals surface area contributed by atoms with Crippen LogP contribution in [0.1, 0.15) is 37.4 Å². The maximum atomic E-state index is 12.6. The Bertz CT molecular complexity index is 1010. The van der Waals surface area contributed by atoms with Gasteiger partial charge in [0.05, 0.1) is 5.69 Å². The molecule has 1 saturated heterocycles. The quantitative estimate of drug-likeness (QED) is 0.659. The molecule has 0 atom stereocenters. The molecule has 1 aliphatic heterocycles. The van der Waals surface area contributed by atoms with E-state index in [9.17, 15) is 4.79 Å². The van der Waals surface area contributed by atoms with E-state index < -0.39 is 0 Å². The third-order valence-corrected chi connectivity index (χ3v) is 5.77. The molecule has 1 fully saturated rings. The summed E-state index contributed by atoms with van der Waals surface area (Å²) in [5, 5.41) is 13.5. The number of allylic oxidation sites excluding steroid dienone is 2. The second kappa shape index (κ2) is 7.14. The van der Waals surface area contributed by atoms with Crippen molar-refractivity contribution in [2.24, 2.45) is 5.92 Å². The van der Waals surface area contributed by atoms with Crippen molar-refractivity contribution in [3.63, 3.8) is 0 Å². The molecule has 1 amide bonds. The summed E-state index contributed by atoms with van der Waals surface area (Å²) in [5.41, 5.74) is 2.57. The number of rotatable bonds is 3. The molecule has 7 heteroatoms. The van der Waals surface area contributed by atoms with E-state index in [2.05, 4.69) is 27.3 Å². The van der Waals surface area contributed by atoms with Crippen molar-refractivity contribution >= 4 is 11.6 Å². The van der Waals surface area contributed by atoms with Crippen molar-refractivity contribution in [1.82, 2.24) is 29.7 Å². The molecular weight excluding hydrogens is 352 g/mol. The lowest BCUT2D eigenvalue weighted by molar-refractivity contribution is -0.136. The van der Waals surface area contributed by atoms with Gasteiger partial charge in [-0.25, -0.2) is 0 Å². The van der Waals surface area contributed by atoms with Gasteiger partial charge in [0.1, 0.15) is 0 Å². The van der Waals surface area contributed by atoms with E-state index in [0.29, 0.717) is 5.91 Å². The Morgan fingerprint density at radius 1 is 1.04 bits per heavy atom. The van der Waals surface area contributed by atoms with Crippen LogP contribution in [-0.4, -0.2) is 48.7 Å². The number of hydrogen-bond acceptors (Lipinski definition) is 5. The number of nitrogens with zero attached hydrogens (tertiary/aromatic N) is 6. The Morgan fingerprint density at radius 2 is 1.86 bits per heavy atom. The highest BCUT2D eigenvalue weighted by Crippen LogP contribution is 2.29. The summed E-state index contributed by atoms with van der Waals surface area (Å²) in [7, 11) is 0. The highest BCUT2D eigenvalue weighted by Gasteiger charge is 2.30. The van der Waals surface area contributed by atoms with Gasteiger partial charge in [-0.3, -0.25) is 9.78 Å². The first-order chi connectivity index (χ1) is 13.8. The summed E-state index contributed by atoms with van der Waals surface area (Å²) < 4.78 is 1.85. The minimum Gasteiger partial charge on any atom is -0.342 e. The average molecular weight is 374 g/mol. The SMILES string of the molecule is O=C(C1CC=CC1)N1CCC(c2nnc3ccc(-c4cccnc4)nn23)CC1. The van der Waals surface area contributed by atoms with Crippen LogP contribution in [0.3, 0.4) is 0 Å². The molecule has 1 aliphatic carbocycles. The third kappa shape index (κ3) is 3.06. The maximum absolute atomic E-state index is 12.6. The number of pyridine rings is 1. The molecule has 2 aliphatic rings. The fourth-order valence-corrected chi connectivity index (χ4v) is 4.16. The second-order valence-corrected chi connectivity index (χ2v) is 7.53. The molecule has 0 N–H and O–H groups in total. The van der Waals surface area contributed by atoms with Gasteiger partial charge in [0.25, 0.3) is 0 Å². The van der Waals surface area contributed by atoms with Crippen molar-refractivity contribution < 1.29 is 4.79 Å². The molecule has 0 saturated carbocycles. The molecule has 0 spiro atoms. The Balaban J connectivity index is 1.35. The Kier molecular flexibility index (Phi) is 4.35. The lowest BCUT2D eigenvalue weighted by atomic mass is 9.94. The van der Waals surface area contributed by atoms with Crippen molar-refractivity contribution in [1.29, 1.82) is 0 Å². The largest absolute Gasteiger partial charge is 0.342 e. The highest BCUT2D eigenvalue weighted by atomic mass is 16.2. The number of hydrogen-bond donors (Lipinski definition) is 0. The van der Waals surface area contributed by atoms with Crippen LogP contribution in [0.4, 0.5) is 0 Å². The molecule has 0 aromatic carbocycles. The van der Waals surface area contributed by atoms with Crippen molar-refractivity contribution in [2.45, 2.75) is 31.6 Å². The molecule has 3 aromatic heterocycles. The molecule has 7 nitrogen and oxygen atoms in total. The lowest BCUT2D eigenvalue weighted by Gasteiger charge is -2.32. The predicted octanol–water partition coefficient (Wildman–Crippen LogP) is 2.86. The topological polar surface area (TPSA) is 76.3 Å². The Hall–Kier alpha value is -3.09. The zero-order chi connectivity index (χ0) is 18.9. The monoisotopic (exact) mass is 374 g/mol. The van der Waals surface area contributed by atoms with E-state index >= 15 is 0 Å². The van der Waals surface area contributed by atoms with Crippen LogP contribution in [0.5, 0.6) is 0 Å². The number of likely N-dealkylation sites (tertiary alicyclic amines) is 1. The van der Waals surface area contributed by atoms with Crippen molar-refractivity contribution in [3.05, 3.63) is 54.6 Å². The second-order valence-electron chi connectivity index (χ2n) is 7.53. The van der Waals surface area contributed by atoms with Crippen LogP contribution in [0.2, 0.25) is 0 Å². The summed E-state index contributed by atoms with van der Waals surface area (Å²) in [6, 6.07) is 7.79. The van der Waals surface area contributed by atoms with Gasteiger partial charge in [0, 0.05) is 42.9 Å². The average Bonchev–Trinajstić information content (AvgIpc) is 3.44. The number of amides is 1. The Labute approximate surface area is 163 Å². The fourth-order valence-electron chi connectivity index (χ4n) is 4.16. The van der Waals surface area contributed by atoms with Gasteiger partial charge >= 0.3 is 0 Å².